The quantitative estimate of drug-likeness (QED) is 0.924. The zero-order chi connectivity index (χ0) is 11.4. The van der Waals surface area contributed by atoms with Gasteiger partial charge in [0.15, 0.2) is 0 Å². The van der Waals surface area contributed by atoms with Crippen LogP contribution in [0.5, 0.6) is 0 Å². The van der Waals surface area contributed by atoms with E-state index in [9.17, 15) is 0 Å². The molecule has 1 aliphatic carbocycles. The number of nitrogens with zero attached hydrogens (tertiary/aromatic N) is 1. The molecule has 3 heteroatoms. The molecule has 1 aromatic rings. The maximum atomic E-state index is 5.98. The number of hydrogen-bond donors (Lipinski definition) is 1. The van der Waals surface area contributed by atoms with Crippen LogP contribution in [0.3, 0.4) is 0 Å². The number of pyridine rings is 1. The highest BCUT2D eigenvalue weighted by atomic mass is 79.9. The molecule has 0 amide bonds. The van der Waals surface area contributed by atoms with Gasteiger partial charge in [0.1, 0.15) is 0 Å². The molecule has 0 unspecified atom stereocenters. The lowest BCUT2D eigenvalue weighted by Gasteiger charge is -2.36. The summed E-state index contributed by atoms with van der Waals surface area (Å²) < 4.78 is 1.04. The van der Waals surface area contributed by atoms with Crippen molar-refractivity contribution in [3.8, 4) is 0 Å². The van der Waals surface area contributed by atoms with Gasteiger partial charge in [-0.1, -0.05) is 19.3 Å². The molecule has 0 atom stereocenters. The molecular weight excluding hydrogens is 264 g/mol. The van der Waals surface area contributed by atoms with Crippen LogP contribution in [0.15, 0.2) is 22.8 Å². The second-order valence-electron chi connectivity index (χ2n) is 4.91. The molecule has 2 nitrogen and oxygen atoms in total. The Hall–Kier alpha value is -0.410. The van der Waals surface area contributed by atoms with Crippen molar-refractivity contribution in [1.82, 2.24) is 4.98 Å². The number of halogens is 1. The van der Waals surface area contributed by atoms with Gasteiger partial charge in [0.2, 0.25) is 0 Å². The van der Waals surface area contributed by atoms with Crippen molar-refractivity contribution in [3.63, 3.8) is 0 Å². The predicted octanol–water partition coefficient (Wildman–Crippen LogP) is 3.30. The van der Waals surface area contributed by atoms with Gasteiger partial charge in [0.05, 0.1) is 0 Å². The molecule has 0 aromatic carbocycles. The first-order valence-corrected chi connectivity index (χ1v) is 6.84. The van der Waals surface area contributed by atoms with Crippen LogP contribution in [0, 0.1) is 5.41 Å². The Morgan fingerprint density at radius 3 is 2.56 bits per heavy atom. The van der Waals surface area contributed by atoms with Crippen molar-refractivity contribution in [2.45, 2.75) is 38.5 Å². The van der Waals surface area contributed by atoms with E-state index in [1.54, 1.807) is 0 Å². The van der Waals surface area contributed by atoms with Gasteiger partial charge in [-0.25, -0.2) is 0 Å². The standard InChI is InChI=1S/C13H19BrN2/c14-11-4-5-12(16-9-11)8-13(10-15)6-2-1-3-7-13/h4-5,9H,1-3,6-8,10,15H2. The van der Waals surface area contributed by atoms with Crippen molar-refractivity contribution >= 4 is 15.9 Å². The van der Waals surface area contributed by atoms with E-state index in [0.717, 1.165) is 17.4 Å². The highest BCUT2D eigenvalue weighted by Crippen LogP contribution is 2.37. The van der Waals surface area contributed by atoms with Crippen LogP contribution >= 0.6 is 15.9 Å². The lowest BCUT2D eigenvalue weighted by molar-refractivity contribution is 0.195. The summed E-state index contributed by atoms with van der Waals surface area (Å²) in [5.41, 5.74) is 7.47. The largest absolute Gasteiger partial charge is 0.330 e. The Labute approximate surface area is 106 Å². The summed E-state index contributed by atoms with van der Waals surface area (Å²) >= 11 is 3.41. The fraction of sp³-hybridized carbons (Fsp3) is 0.615. The van der Waals surface area contributed by atoms with Gasteiger partial charge in [-0.15, -0.1) is 0 Å². The third-order valence-corrected chi connectivity index (χ3v) is 4.16. The van der Waals surface area contributed by atoms with Crippen molar-refractivity contribution in [1.29, 1.82) is 0 Å². The summed E-state index contributed by atoms with van der Waals surface area (Å²) in [6, 6.07) is 4.17. The first-order chi connectivity index (χ1) is 7.74. The third-order valence-electron chi connectivity index (χ3n) is 3.69. The van der Waals surface area contributed by atoms with E-state index in [1.165, 1.54) is 37.8 Å². The van der Waals surface area contributed by atoms with Crippen LogP contribution in [-0.2, 0) is 6.42 Å². The molecule has 88 valence electrons. The molecule has 0 aliphatic heterocycles. The van der Waals surface area contributed by atoms with E-state index in [1.807, 2.05) is 6.20 Å². The second-order valence-corrected chi connectivity index (χ2v) is 5.82. The van der Waals surface area contributed by atoms with Gasteiger partial charge in [-0.2, -0.15) is 0 Å². The maximum absolute atomic E-state index is 5.98. The highest BCUT2D eigenvalue weighted by molar-refractivity contribution is 9.10. The summed E-state index contributed by atoms with van der Waals surface area (Å²) in [6.45, 7) is 0.796. The van der Waals surface area contributed by atoms with Crippen molar-refractivity contribution in [2.75, 3.05) is 6.54 Å². The fourth-order valence-corrected chi connectivity index (χ4v) is 2.88. The molecule has 1 saturated carbocycles. The van der Waals surface area contributed by atoms with E-state index in [0.29, 0.717) is 5.41 Å². The van der Waals surface area contributed by atoms with Gasteiger partial charge < -0.3 is 5.73 Å². The number of hydrogen-bond acceptors (Lipinski definition) is 2. The summed E-state index contributed by atoms with van der Waals surface area (Å²) in [4.78, 5) is 4.46. The lowest BCUT2D eigenvalue weighted by Crippen LogP contribution is -2.35. The normalized spacial score (nSPS) is 19.6. The summed E-state index contributed by atoms with van der Waals surface area (Å²) in [6.07, 6.45) is 9.47. The van der Waals surface area contributed by atoms with E-state index in [4.69, 9.17) is 5.73 Å². The molecular formula is C13H19BrN2. The molecule has 0 bridgehead atoms. The van der Waals surface area contributed by atoms with E-state index in [2.05, 4.69) is 33.0 Å². The fourth-order valence-electron chi connectivity index (χ4n) is 2.65. The SMILES string of the molecule is NCC1(Cc2ccc(Br)cn2)CCCCC1. The molecule has 1 aromatic heterocycles. The minimum absolute atomic E-state index is 0.319. The molecule has 1 heterocycles. The number of nitrogens with two attached hydrogens (primary N) is 1. The molecule has 1 aliphatic rings. The molecule has 0 saturated heterocycles. The maximum Gasteiger partial charge on any atom is 0.0413 e. The summed E-state index contributed by atoms with van der Waals surface area (Å²) in [7, 11) is 0. The molecule has 0 radical (unpaired) electrons. The topological polar surface area (TPSA) is 38.9 Å². The molecule has 2 N–H and O–H groups in total. The first kappa shape index (κ1) is 12.1. The monoisotopic (exact) mass is 282 g/mol. The Morgan fingerprint density at radius 1 is 1.25 bits per heavy atom. The Kier molecular flexibility index (Phi) is 3.98. The van der Waals surface area contributed by atoms with Gasteiger partial charge >= 0.3 is 0 Å². The first-order valence-electron chi connectivity index (χ1n) is 6.05. The molecule has 1 fully saturated rings. The van der Waals surface area contributed by atoms with Crippen LogP contribution in [0.25, 0.3) is 0 Å². The van der Waals surface area contributed by atoms with Crippen LogP contribution in [-0.4, -0.2) is 11.5 Å². The minimum Gasteiger partial charge on any atom is -0.330 e. The number of aromatic nitrogens is 1. The van der Waals surface area contributed by atoms with Crippen molar-refractivity contribution in [3.05, 3.63) is 28.5 Å². The zero-order valence-corrected chi connectivity index (χ0v) is 11.2. The highest BCUT2D eigenvalue weighted by Gasteiger charge is 2.31. The van der Waals surface area contributed by atoms with Gasteiger partial charge in [-0.3, -0.25) is 4.98 Å². The van der Waals surface area contributed by atoms with Crippen molar-refractivity contribution < 1.29 is 0 Å². The summed E-state index contributed by atoms with van der Waals surface area (Å²) in [5.74, 6) is 0. The van der Waals surface area contributed by atoms with Gasteiger partial charge in [0, 0.05) is 16.4 Å². The summed E-state index contributed by atoms with van der Waals surface area (Å²) in [5, 5.41) is 0. The second kappa shape index (κ2) is 5.28. The average Bonchev–Trinajstić information content (AvgIpc) is 2.33. The van der Waals surface area contributed by atoms with E-state index >= 15 is 0 Å². The van der Waals surface area contributed by atoms with E-state index in [-0.39, 0.29) is 0 Å². The molecule has 16 heavy (non-hydrogen) atoms. The van der Waals surface area contributed by atoms with E-state index < -0.39 is 0 Å². The van der Waals surface area contributed by atoms with Crippen LogP contribution in [0.1, 0.15) is 37.8 Å². The lowest BCUT2D eigenvalue weighted by atomic mass is 9.71. The van der Waals surface area contributed by atoms with Crippen molar-refractivity contribution in [2.24, 2.45) is 11.1 Å². The van der Waals surface area contributed by atoms with Crippen LogP contribution in [0.4, 0.5) is 0 Å². The number of rotatable bonds is 3. The van der Waals surface area contributed by atoms with Gasteiger partial charge in [-0.05, 0) is 59.3 Å². The molecule has 2 rings (SSSR count). The predicted molar refractivity (Wildman–Crippen MR) is 70.2 cm³/mol. The average molecular weight is 283 g/mol. The Morgan fingerprint density at radius 2 is 2.00 bits per heavy atom. The van der Waals surface area contributed by atoms with Crippen LogP contribution in [0.2, 0.25) is 0 Å². The zero-order valence-electron chi connectivity index (χ0n) is 9.58. The molecule has 0 spiro atoms. The Bertz CT molecular complexity index is 328. The minimum atomic E-state index is 0.319. The van der Waals surface area contributed by atoms with Crippen LogP contribution < -0.4 is 5.73 Å². The third kappa shape index (κ3) is 2.83. The Balaban J connectivity index is 2.08. The smallest absolute Gasteiger partial charge is 0.0413 e. The van der Waals surface area contributed by atoms with Gasteiger partial charge in [0.25, 0.3) is 0 Å².